The molecule has 5 nitrogen and oxygen atoms in total. The van der Waals surface area contributed by atoms with Gasteiger partial charge in [0.25, 0.3) is 0 Å². The summed E-state index contributed by atoms with van der Waals surface area (Å²) in [6.07, 6.45) is 0.966. The van der Waals surface area contributed by atoms with E-state index in [2.05, 4.69) is 5.32 Å². The molecule has 0 aliphatic rings. The Hall–Kier alpha value is -1.53. The summed E-state index contributed by atoms with van der Waals surface area (Å²) in [7, 11) is 0. The number of primary amides is 1. The quantitative estimate of drug-likeness (QED) is 0.667. The van der Waals surface area contributed by atoms with Crippen molar-refractivity contribution in [2.45, 2.75) is 37.1 Å². The Morgan fingerprint density at radius 3 is 2.55 bits per heavy atom. The lowest BCUT2D eigenvalue weighted by Crippen LogP contribution is -2.33. The van der Waals surface area contributed by atoms with Gasteiger partial charge in [-0.2, -0.15) is 0 Å². The summed E-state index contributed by atoms with van der Waals surface area (Å²) in [5.41, 5.74) is 11.3. The Bertz CT molecular complexity index is 484. The second-order valence-corrected chi connectivity index (χ2v) is 6.31. The maximum absolute atomic E-state index is 11.9. The molecular formula is C14H21N3O2S. The fourth-order valence-corrected chi connectivity index (χ4v) is 2.24. The van der Waals surface area contributed by atoms with E-state index in [4.69, 9.17) is 11.5 Å². The number of para-hydroxylation sites is 1. The first kappa shape index (κ1) is 16.5. The van der Waals surface area contributed by atoms with Gasteiger partial charge in [0, 0.05) is 16.9 Å². The second kappa shape index (κ2) is 7.31. The highest BCUT2D eigenvalue weighted by Crippen LogP contribution is 2.26. The molecule has 1 aromatic rings. The number of nitrogens with two attached hydrogens (primary N) is 2. The Morgan fingerprint density at radius 2 is 1.95 bits per heavy atom. The maximum atomic E-state index is 11.9. The van der Waals surface area contributed by atoms with E-state index < -0.39 is 0 Å². The number of benzene rings is 1. The van der Waals surface area contributed by atoms with E-state index in [0.717, 1.165) is 4.90 Å². The molecule has 1 rings (SSSR count). The van der Waals surface area contributed by atoms with Gasteiger partial charge in [0.2, 0.25) is 11.8 Å². The molecule has 0 spiro atoms. The van der Waals surface area contributed by atoms with E-state index in [1.807, 2.05) is 32.0 Å². The Labute approximate surface area is 123 Å². The van der Waals surface area contributed by atoms with E-state index in [1.165, 1.54) is 11.8 Å². The number of nitrogens with one attached hydrogen (secondary N) is 1. The molecular weight excluding hydrogens is 274 g/mol. The zero-order chi connectivity index (χ0) is 15.2. The van der Waals surface area contributed by atoms with Crippen LogP contribution < -0.4 is 16.8 Å². The summed E-state index contributed by atoms with van der Waals surface area (Å²) in [6, 6.07) is 7.32. The molecule has 0 heterocycles. The standard InChI is InChI=1S/C14H21N3O2S/c1-14(2,16)8-7-13(19)17-10-5-3-4-6-11(10)20-9-12(15)18/h3-6H,7-9,16H2,1-2H3,(H2,15,18)(H,17,19). The molecule has 5 N–H and O–H groups in total. The van der Waals surface area contributed by atoms with Gasteiger partial charge in [-0.15, -0.1) is 11.8 Å². The van der Waals surface area contributed by atoms with Gasteiger partial charge in [-0.1, -0.05) is 12.1 Å². The topological polar surface area (TPSA) is 98.2 Å². The molecule has 0 aliphatic carbocycles. The zero-order valence-corrected chi connectivity index (χ0v) is 12.6. The molecule has 0 aliphatic heterocycles. The van der Waals surface area contributed by atoms with Gasteiger partial charge >= 0.3 is 0 Å². The van der Waals surface area contributed by atoms with Crippen LogP contribution >= 0.6 is 11.8 Å². The Kier molecular flexibility index (Phi) is 6.04. The molecule has 2 amide bonds. The van der Waals surface area contributed by atoms with Crippen molar-refractivity contribution in [3.8, 4) is 0 Å². The van der Waals surface area contributed by atoms with Crippen molar-refractivity contribution >= 4 is 29.3 Å². The minimum atomic E-state index is -0.388. The highest BCUT2D eigenvalue weighted by molar-refractivity contribution is 8.00. The number of rotatable bonds is 7. The molecule has 0 unspecified atom stereocenters. The lowest BCUT2D eigenvalue weighted by molar-refractivity contribution is -0.117. The highest BCUT2D eigenvalue weighted by atomic mass is 32.2. The molecule has 1 aromatic carbocycles. The lowest BCUT2D eigenvalue weighted by Gasteiger charge is -2.18. The predicted molar refractivity (Wildman–Crippen MR) is 82.5 cm³/mol. The zero-order valence-electron chi connectivity index (χ0n) is 11.8. The first-order valence-corrected chi connectivity index (χ1v) is 7.35. The number of carbonyl (C=O) groups excluding carboxylic acids is 2. The van der Waals surface area contributed by atoms with Crippen LogP contribution in [0.25, 0.3) is 0 Å². The van der Waals surface area contributed by atoms with Crippen LogP contribution in [-0.4, -0.2) is 23.1 Å². The van der Waals surface area contributed by atoms with Crippen LogP contribution in [-0.2, 0) is 9.59 Å². The van der Waals surface area contributed by atoms with Crippen molar-refractivity contribution < 1.29 is 9.59 Å². The van der Waals surface area contributed by atoms with E-state index in [-0.39, 0.29) is 23.1 Å². The molecule has 20 heavy (non-hydrogen) atoms. The maximum Gasteiger partial charge on any atom is 0.227 e. The lowest BCUT2D eigenvalue weighted by atomic mass is 10.00. The first-order valence-electron chi connectivity index (χ1n) is 6.37. The Balaban J connectivity index is 2.62. The molecule has 0 radical (unpaired) electrons. The smallest absolute Gasteiger partial charge is 0.227 e. The number of anilines is 1. The van der Waals surface area contributed by atoms with Crippen LogP contribution in [0.5, 0.6) is 0 Å². The second-order valence-electron chi connectivity index (χ2n) is 5.29. The third-order valence-electron chi connectivity index (χ3n) is 2.53. The van der Waals surface area contributed by atoms with Gasteiger partial charge in [0.1, 0.15) is 0 Å². The molecule has 0 saturated heterocycles. The summed E-state index contributed by atoms with van der Waals surface area (Å²) >= 11 is 1.31. The molecule has 0 fully saturated rings. The van der Waals surface area contributed by atoms with Crippen molar-refractivity contribution in [2.75, 3.05) is 11.1 Å². The number of hydrogen-bond donors (Lipinski definition) is 3. The molecule has 0 bridgehead atoms. The summed E-state index contributed by atoms with van der Waals surface area (Å²) in [4.78, 5) is 23.5. The third-order valence-corrected chi connectivity index (χ3v) is 3.62. The summed E-state index contributed by atoms with van der Waals surface area (Å²) in [6.45, 7) is 3.77. The van der Waals surface area contributed by atoms with Gasteiger partial charge in [0.05, 0.1) is 11.4 Å². The normalized spacial score (nSPS) is 11.2. The monoisotopic (exact) mass is 295 g/mol. The van der Waals surface area contributed by atoms with Crippen LogP contribution in [0.1, 0.15) is 26.7 Å². The van der Waals surface area contributed by atoms with Crippen LogP contribution in [0.4, 0.5) is 5.69 Å². The number of amides is 2. The largest absolute Gasteiger partial charge is 0.369 e. The number of thioether (sulfide) groups is 1. The highest BCUT2D eigenvalue weighted by Gasteiger charge is 2.14. The fourth-order valence-electron chi connectivity index (χ4n) is 1.49. The van der Waals surface area contributed by atoms with Gasteiger partial charge in [-0.25, -0.2) is 0 Å². The SMILES string of the molecule is CC(C)(N)CCC(=O)Nc1ccccc1SCC(N)=O. The van der Waals surface area contributed by atoms with Crippen molar-refractivity contribution in [3.05, 3.63) is 24.3 Å². The van der Waals surface area contributed by atoms with Crippen LogP contribution in [0, 0.1) is 0 Å². The summed E-state index contributed by atoms with van der Waals surface area (Å²) < 4.78 is 0. The predicted octanol–water partition coefficient (Wildman–Crippen LogP) is 1.72. The minimum absolute atomic E-state index is 0.0874. The number of hydrogen-bond acceptors (Lipinski definition) is 4. The van der Waals surface area contributed by atoms with Crippen molar-refractivity contribution in [2.24, 2.45) is 11.5 Å². The van der Waals surface area contributed by atoms with Crippen molar-refractivity contribution in [1.82, 2.24) is 0 Å². The van der Waals surface area contributed by atoms with E-state index in [1.54, 1.807) is 6.07 Å². The fraction of sp³-hybridized carbons (Fsp3) is 0.429. The van der Waals surface area contributed by atoms with E-state index in [9.17, 15) is 9.59 Å². The third kappa shape index (κ3) is 6.58. The molecule has 0 atom stereocenters. The van der Waals surface area contributed by atoms with E-state index >= 15 is 0 Å². The molecule has 0 saturated carbocycles. The Morgan fingerprint density at radius 1 is 1.30 bits per heavy atom. The van der Waals surface area contributed by atoms with Gasteiger partial charge in [-0.3, -0.25) is 9.59 Å². The van der Waals surface area contributed by atoms with Gasteiger partial charge in [-0.05, 0) is 32.4 Å². The minimum Gasteiger partial charge on any atom is -0.369 e. The average molecular weight is 295 g/mol. The summed E-state index contributed by atoms with van der Waals surface area (Å²) in [5, 5.41) is 2.84. The summed E-state index contributed by atoms with van der Waals surface area (Å²) in [5.74, 6) is -0.292. The average Bonchev–Trinajstić information content (AvgIpc) is 2.34. The molecule has 6 heteroatoms. The number of carbonyl (C=O) groups is 2. The van der Waals surface area contributed by atoms with Crippen molar-refractivity contribution in [3.63, 3.8) is 0 Å². The van der Waals surface area contributed by atoms with E-state index in [0.29, 0.717) is 18.5 Å². The van der Waals surface area contributed by atoms with Crippen molar-refractivity contribution in [1.29, 1.82) is 0 Å². The van der Waals surface area contributed by atoms with Gasteiger partial charge < -0.3 is 16.8 Å². The molecule has 110 valence electrons. The van der Waals surface area contributed by atoms with Crippen LogP contribution in [0.2, 0.25) is 0 Å². The first-order chi connectivity index (χ1) is 9.28. The van der Waals surface area contributed by atoms with Crippen LogP contribution in [0.3, 0.4) is 0 Å². The van der Waals surface area contributed by atoms with Crippen LogP contribution in [0.15, 0.2) is 29.2 Å². The van der Waals surface area contributed by atoms with Gasteiger partial charge in [0.15, 0.2) is 0 Å². The molecule has 0 aromatic heterocycles.